The van der Waals surface area contributed by atoms with Crippen LogP contribution in [0, 0.1) is 12.3 Å². The van der Waals surface area contributed by atoms with E-state index < -0.39 is 0 Å². The van der Waals surface area contributed by atoms with Gasteiger partial charge in [-0.25, -0.2) is 4.98 Å². The molecule has 1 aromatic heterocycles. The summed E-state index contributed by atoms with van der Waals surface area (Å²) in [6, 6.07) is 10.8. The molecule has 1 aliphatic heterocycles. The van der Waals surface area contributed by atoms with Gasteiger partial charge >= 0.3 is 0 Å². The summed E-state index contributed by atoms with van der Waals surface area (Å²) in [5.41, 5.74) is 3.07. The van der Waals surface area contributed by atoms with E-state index in [0.29, 0.717) is 5.41 Å². The van der Waals surface area contributed by atoms with Gasteiger partial charge in [-0.2, -0.15) is 0 Å². The first-order valence-corrected chi connectivity index (χ1v) is 7.29. The van der Waals surface area contributed by atoms with Gasteiger partial charge in [0.25, 0.3) is 0 Å². The van der Waals surface area contributed by atoms with Crippen molar-refractivity contribution in [2.45, 2.75) is 19.8 Å². The predicted molar refractivity (Wildman–Crippen MR) is 76.0 cm³/mol. The molecule has 18 heavy (non-hydrogen) atoms. The van der Waals surface area contributed by atoms with Crippen LogP contribution in [0.25, 0.3) is 0 Å². The van der Waals surface area contributed by atoms with E-state index in [2.05, 4.69) is 52.9 Å². The van der Waals surface area contributed by atoms with Gasteiger partial charge in [0, 0.05) is 23.9 Å². The molecule has 3 rings (SSSR count). The van der Waals surface area contributed by atoms with Crippen molar-refractivity contribution in [2.75, 3.05) is 13.1 Å². The Morgan fingerprint density at radius 3 is 2.56 bits per heavy atom. The van der Waals surface area contributed by atoms with E-state index in [1.165, 1.54) is 16.3 Å². The fourth-order valence-electron chi connectivity index (χ4n) is 2.69. The van der Waals surface area contributed by atoms with E-state index >= 15 is 0 Å². The average molecular weight is 258 g/mol. The molecule has 0 radical (unpaired) electrons. The highest BCUT2D eigenvalue weighted by atomic mass is 32.1. The smallest absolute Gasteiger partial charge is 0.0897 e. The highest BCUT2D eigenvalue weighted by molar-refractivity contribution is 7.09. The molecule has 1 saturated heterocycles. The third-order valence-corrected chi connectivity index (χ3v) is 4.47. The van der Waals surface area contributed by atoms with Crippen molar-refractivity contribution in [3.63, 3.8) is 0 Å². The normalized spacial score (nSPS) is 17.4. The molecule has 0 aliphatic carbocycles. The fraction of sp³-hybridized carbons (Fsp3) is 0.400. The largest absolute Gasteiger partial charge is 0.315 e. The Kier molecular flexibility index (Phi) is 3.18. The van der Waals surface area contributed by atoms with Crippen molar-refractivity contribution >= 4 is 11.3 Å². The number of hydrogen-bond acceptors (Lipinski definition) is 3. The maximum absolute atomic E-state index is 4.61. The third kappa shape index (κ3) is 2.47. The van der Waals surface area contributed by atoms with Crippen LogP contribution in [-0.2, 0) is 12.8 Å². The fourth-order valence-corrected chi connectivity index (χ4v) is 3.31. The number of rotatable bonds is 4. The summed E-state index contributed by atoms with van der Waals surface area (Å²) < 4.78 is 0. The van der Waals surface area contributed by atoms with Crippen LogP contribution < -0.4 is 5.32 Å². The minimum absolute atomic E-state index is 0.377. The second-order valence-electron chi connectivity index (χ2n) is 5.30. The molecule has 3 heteroatoms. The molecular formula is C15H18N2S. The minimum Gasteiger partial charge on any atom is -0.315 e. The van der Waals surface area contributed by atoms with Crippen molar-refractivity contribution in [2.24, 2.45) is 5.41 Å². The molecule has 1 aromatic carbocycles. The summed E-state index contributed by atoms with van der Waals surface area (Å²) >= 11 is 1.75. The van der Waals surface area contributed by atoms with Crippen LogP contribution in [0.3, 0.4) is 0 Å². The summed E-state index contributed by atoms with van der Waals surface area (Å²) in [7, 11) is 0. The summed E-state index contributed by atoms with van der Waals surface area (Å²) in [6.45, 7) is 4.30. The summed E-state index contributed by atoms with van der Waals surface area (Å²) in [4.78, 5) is 4.61. The highest BCUT2D eigenvalue weighted by Gasteiger charge is 2.37. The Morgan fingerprint density at radius 1 is 1.22 bits per heavy atom. The molecule has 1 aliphatic rings. The minimum atomic E-state index is 0.377. The molecule has 1 fully saturated rings. The first-order valence-electron chi connectivity index (χ1n) is 6.41. The van der Waals surface area contributed by atoms with Crippen LogP contribution in [-0.4, -0.2) is 18.1 Å². The van der Waals surface area contributed by atoms with Crippen molar-refractivity contribution in [3.8, 4) is 0 Å². The summed E-state index contributed by atoms with van der Waals surface area (Å²) in [5.74, 6) is 0. The van der Waals surface area contributed by atoms with E-state index in [1.54, 1.807) is 11.3 Å². The van der Waals surface area contributed by atoms with Crippen LogP contribution in [0.1, 0.15) is 16.3 Å². The molecule has 0 amide bonds. The lowest BCUT2D eigenvalue weighted by Crippen LogP contribution is -2.56. The van der Waals surface area contributed by atoms with Gasteiger partial charge < -0.3 is 5.32 Å². The molecule has 1 N–H and O–H groups in total. The van der Waals surface area contributed by atoms with Gasteiger partial charge in [-0.15, -0.1) is 11.3 Å². The molecule has 2 aromatic rings. The van der Waals surface area contributed by atoms with E-state index in [0.717, 1.165) is 25.9 Å². The maximum Gasteiger partial charge on any atom is 0.0897 e. The Morgan fingerprint density at radius 2 is 2.00 bits per heavy atom. The first kappa shape index (κ1) is 11.9. The quantitative estimate of drug-likeness (QED) is 0.912. The zero-order valence-corrected chi connectivity index (χ0v) is 11.5. The SMILES string of the molecule is Cc1nc(CC2(Cc3ccccc3)CNC2)cs1. The zero-order valence-electron chi connectivity index (χ0n) is 10.6. The molecule has 0 spiro atoms. The number of aromatic nitrogens is 1. The molecule has 94 valence electrons. The van der Waals surface area contributed by atoms with Crippen molar-refractivity contribution in [3.05, 3.63) is 52.0 Å². The standard InChI is InChI=1S/C15H18N2S/c1-12-17-14(9-18-12)8-15(10-16-11-15)7-13-5-3-2-4-6-13/h2-6,9,16H,7-8,10-11H2,1H3. The molecule has 2 heterocycles. The molecule has 2 nitrogen and oxygen atoms in total. The lowest BCUT2D eigenvalue weighted by atomic mass is 9.73. The number of thiazole rings is 1. The van der Waals surface area contributed by atoms with Gasteiger partial charge in [-0.1, -0.05) is 30.3 Å². The van der Waals surface area contributed by atoms with Crippen molar-refractivity contribution in [1.82, 2.24) is 10.3 Å². The highest BCUT2D eigenvalue weighted by Crippen LogP contribution is 2.32. The van der Waals surface area contributed by atoms with Crippen LogP contribution >= 0.6 is 11.3 Å². The number of benzene rings is 1. The molecule has 0 unspecified atom stereocenters. The second-order valence-corrected chi connectivity index (χ2v) is 6.36. The lowest BCUT2D eigenvalue weighted by Gasteiger charge is -2.42. The number of nitrogens with zero attached hydrogens (tertiary/aromatic N) is 1. The molecule has 0 saturated carbocycles. The van der Waals surface area contributed by atoms with Gasteiger partial charge in [0.05, 0.1) is 10.7 Å². The number of aryl methyl sites for hydroxylation is 1. The monoisotopic (exact) mass is 258 g/mol. The van der Waals surface area contributed by atoms with Gasteiger partial charge in [0.1, 0.15) is 0 Å². The van der Waals surface area contributed by atoms with Crippen LogP contribution in [0.15, 0.2) is 35.7 Å². The second kappa shape index (κ2) is 4.82. The average Bonchev–Trinajstić information content (AvgIpc) is 2.73. The van der Waals surface area contributed by atoms with Crippen molar-refractivity contribution in [1.29, 1.82) is 0 Å². The van der Waals surface area contributed by atoms with Gasteiger partial charge in [-0.05, 0) is 25.3 Å². The van der Waals surface area contributed by atoms with Gasteiger partial charge in [0.15, 0.2) is 0 Å². The van der Waals surface area contributed by atoms with E-state index in [9.17, 15) is 0 Å². The predicted octanol–water partition coefficient (Wildman–Crippen LogP) is 2.83. The number of hydrogen-bond donors (Lipinski definition) is 1. The first-order chi connectivity index (χ1) is 8.76. The Bertz CT molecular complexity index is 514. The molecule has 0 atom stereocenters. The van der Waals surface area contributed by atoms with E-state index in [4.69, 9.17) is 0 Å². The topological polar surface area (TPSA) is 24.9 Å². The van der Waals surface area contributed by atoms with E-state index in [1.807, 2.05) is 0 Å². The Labute approximate surface area is 112 Å². The van der Waals surface area contributed by atoms with Crippen molar-refractivity contribution < 1.29 is 0 Å². The van der Waals surface area contributed by atoms with Gasteiger partial charge in [-0.3, -0.25) is 0 Å². The summed E-state index contributed by atoms with van der Waals surface area (Å²) in [6.07, 6.45) is 2.25. The zero-order chi connectivity index (χ0) is 12.4. The van der Waals surface area contributed by atoms with E-state index in [-0.39, 0.29) is 0 Å². The lowest BCUT2D eigenvalue weighted by molar-refractivity contribution is 0.165. The van der Waals surface area contributed by atoms with Crippen LogP contribution in [0.5, 0.6) is 0 Å². The van der Waals surface area contributed by atoms with Gasteiger partial charge in [0.2, 0.25) is 0 Å². The molecule has 0 bridgehead atoms. The summed E-state index contributed by atoms with van der Waals surface area (Å²) in [5, 5.41) is 6.81. The third-order valence-electron chi connectivity index (χ3n) is 3.64. The van der Waals surface area contributed by atoms with Crippen LogP contribution in [0.4, 0.5) is 0 Å². The van der Waals surface area contributed by atoms with Crippen LogP contribution in [0.2, 0.25) is 0 Å². The number of nitrogens with one attached hydrogen (secondary N) is 1. The Hall–Kier alpha value is -1.19. The maximum atomic E-state index is 4.61. The molecular weight excluding hydrogens is 240 g/mol. The Balaban J connectivity index is 1.74.